The Morgan fingerprint density at radius 2 is 2.07 bits per heavy atom. The maximum atomic E-state index is 10.7. The lowest BCUT2D eigenvalue weighted by molar-refractivity contribution is 0.611. The van der Waals surface area contributed by atoms with Crippen LogP contribution in [0.5, 0.6) is 0 Å². The number of aryl methyl sites for hydroxylation is 2. The minimum absolute atomic E-state index is 0.0617. The molecule has 4 nitrogen and oxygen atoms in total. The van der Waals surface area contributed by atoms with Crippen LogP contribution in [-0.2, 0) is 9.05 Å². The summed E-state index contributed by atoms with van der Waals surface area (Å²) in [4.78, 5) is 8.38. The Bertz CT molecular complexity index is 448. The molecule has 84 valence electrons. The molecular formula is C8H11ClN2O2S2. The van der Waals surface area contributed by atoms with Crippen LogP contribution in [0.2, 0.25) is 0 Å². The zero-order chi connectivity index (χ0) is 11.5. The van der Waals surface area contributed by atoms with Gasteiger partial charge in [-0.25, -0.2) is 13.4 Å². The summed E-state index contributed by atoms with van der Waals surface area (Å²) in [6, 6.07) is 0. The number of nitrogens with zero attached hydrogens (tertiary/aromatic N) is 2. The van der Waals surface area contributed by atoms with Crippen LogP contribution >= 0.6 is 22.4 Å². The molecule has 0 N–H and O–H groups in total. The van der Waals surface area contributed by atoms with Crippen LogP contribution in [0.4, 0.5) is 0 Å². The minimum Gasteiger partial charge on any atom is -0.257 e. The summed E-state index contributed by atoms with van der Waals surface area (Å²) < 4.78 is 21.3. The monoisotopic (exact) mass is 266 g/mol. The highest BCUT2D eigenvalue weighted by Crippen LogP contribution is 2.16. The second-order valence-corrected chi connectivity index (χ2v) is 6.98. The maximum Gasteiger partial charge on any atom is 0.233 e. The summed E-state index contributed by atoms with van der Waals surface area (Å²) >= 11 is 1.33. The first kappa shape index (κ1) is 12.7. The molecule has 0 fully saturated rings. The molecule has 0 aliphatic rings. The van der Waals surface area contributed by atoms with Crippen LogP contribution < -0.4 is 0 Å². The van der Waals surface area contributed by atoms with Gasteiger partial charge in [0.2, 0.25) is 9.05 Å². The van der Waals surface area contributed by atoms with Crippen LogP contribution in [-0.4, -0.2) is 29.9 Å². The van der Waals surface area contributed by atoms with Gasteiger partial charge in [0.1, 0.15) is 5.03 Å². The topological polar surface area (TPSA) is 59.9 Å². The molecule has 0 aromatic carbocycles. The molecule has 0 bridgehead atoms. The molecule has 0 aliphatic carbocycles. The van der Waals surface area contributed by atoms with Crippen molar-refractivity contribution in [1.29, 1.82) is 0 Å². The third-order valence-electron chi connectivity index (χ3n) is 1.75. The number of thioether (sulfide) groups is 1. The van der Waals surface area contributed by atoms with E-state index in [2.05, 4.69) is 9.97 Å². The fraction of sp³-hybridized carbons (Fsp3) is 0.500. The summed E-state index contributed by atoms with van der Waals surface area (Å²) in [7, 11) is 1.67. The van der Waals surface area contributed by atoms with Gasteiger partial charge in [-0.15, -0.1) is 11.8 Å². The van der Waals surface area contributed by atoms with Gasteiger partial charge in [0.25, 0.3) is 0 Å². The third-order valence-corrected chi connectivity index (χ3v) is 4.06. The highest BCUT2D eigenvalue weighted by Gasteiger charge is 2.06. The first-order valence-corrected chi connectivity index (χ1v) is 7.70. The summed E-state index contributed by atoms with van der Waals surface area (Å²) in [5, 5.41) is 0.721. The van der Waals surface area contributed by atoms with Crippen molar-refractivity contribution in [3.05, 3.63) is 17.6 Å². The number of halogens is 1. The van der Waals surface area contributed by atoms with Crippen molar-refractivity contribution in [3.8, 4) is 0 Å². The fourth-order valence-corrected chi connectivity index (χ4v) is 3.07. The van der Waals surface area contributed by atoms with Crippen LogP contribution in [0.3, 0.4) is 0 Å². The number of rotatable bonds is 4. The van der Waals surface area contributed by atoms with E-state index in [9.17, 15) is 8.42 Å². The Balaban J connectivity index is 2.55. The van der Waals surface area contributed by atoms with Crippen molar-refractivity contribution in [3.63, 3.8) is 0 Å². The highest BCUT2D eigenvalue weighted by atomic mass is 35.7. The molecule has 1 aromatic heterocycles. The Morgan fingerprint density at radius 3 is 2.60 bits per heavy atom. The third kappa shape index (κ3) is 4.81. The largest absolute Gasteiger partial charge is 0.257 e. The van der Waals surface area contributed by atoms with E-state index in [1.54, 1.807) is 6.20 Å². The SMILES string of the molecule is Cc1ncc(SCCS(=O)(=O)Cl)nc1C. The van der Waals surface area contributed by atoms with Gasteiger partial charge >= 0.3 is 0 Å². The van der Waals surface area contributed by atoms with Gasteiger partial charge in [-0.3, -0.25) is 4.98 Å². The summed E-state index contributed by atoms with van der Waals surface area (Å²) in [6.45, 7) is 3.74. The molecule has 0 unspecified atom stereocenters. The number of hydrogen-bond acceptors (Lipinski definition) is 5. The second kappa shape index (κ2) is 5.14. The Morgan fingerprint density at radius 1 is 1.40 bits per heavy atom. The van der Waals surface area contributed by atoms with E-state index < -0.39 is 9.05 Å². The van der Waals surface area contributed by atoms with Crippen molar-refractivity contribution >= 4 is 31.5 Å². The molecular weight excluding hydrogens is 256 g/mol. The molecule has 0 aliphatic heterocycles. The molecule has 0 saturated carbocycles. The predicted octanol–water partition coefficient (Wildman–Crippen LogP) is 1.75. The van der Waals surface area contributed by atoms with Gasteiger partial charge in [0, 0.05) is 16.4 Å². The Kier molecular flexibility index (Phi) is 4.36. The van der Waals surface area contributed by atoms with Gasteiger partial charge < -0.3 is 0 Å². The fourth-order valence-electron chi connectivity index (χ4n) is 0.836. The van der Waals surface area contributed by atoms with Gasteiger partial charge in [0.15, 0.2) is 0 Å². The molecule has 15 heavy (non-hydrogen) atoms. The lowest BCUT2D eigenvalue weighted by atomic mass is 10.4. The molecule has 1 rings (SSSR count). The van der Waals surface area contributed by atoms with Gasteiger partial charge in [0.05, 0.1) is 23.3 Å². The van der Waals surface area contributed by atoms with Crippen molar-refractivity contribution in [2.24, 2.45) is 0 Å². The molecule has 0 spiro atoms. The summed E-state index contributed by atoms with van der Waals surface area (Å²) in [5.41, 5.74) is 1.73. The molecule has 0 amide bonds. The normalized spacial score (nSPS) is 11.7. The Labute approximate surface area is 97.9 Å². The van der Waals surface area contributed by atoms with E-state index in [1.807, 2.05) is 13.8 Å². The smallest absolute Gasteiger partial charge is 0.233 e. The Hall–Kier alpha value is -0.330. The van der Waals surface area contributed by atoms with E-state index in [0.29, 0.717) is 5.75 Å². The standard InChI is InChI=1S/C8H11ClN2O2S2/c1-6-7(2)11-8(5-10-6)14-3-4-15(9,12)13/h5H,3-4H2,1-2H3. The van der Waals surface area contributed by atoms with Gasteiger partial charge in [-0.1, -0.05) is 0 Å². The molecule has 1 aromatic rings. The zero-order valence-corrected chi connectivity index (χ0v) is 10.8. The number of aromatic nitrogens is 2. The lowest BCUT2D eigenvalue weighted by Crippen LogP contribution is -2.00. The molecule has 0 atom stereocenters. The highest BCUT2D eigenvalue weighted by molar-refractivity contribution is 8.14. The molecule has 7 heteroatoms. The zero-order valence-electron chi connectivity index (χ0n) is 8.40. The second-order valence-electron chi connectivity index (χ2n) is 2.97. The van der Waals surface area contributed by atoms with E-state index in [0.717, 1.165) is 16.4 Å². The van der Waals surface area contributed by atoms with Crippen LogP contribution in [0.15, 0.2) is 11.2 Å². The van der Waals surface area contributed by atoms with Crippen LogP contribution in [0.1, 0.15) is 11.4 Å². The lowest BCUT2D eigenvalue weighted by Gasteiger charge is -2.02. The maximum absolute atomic E-state index is 10.7. The first-order chi connectivity index (χ1) is 6.88. The van der Waals surface area contributed by atoms with Crippen LogP contribution in [0, 0.1) is 13.8 Å². The first-order valence-electron chi connectivity index (χ1n) is 4.24. The van der Waals surface area contributed by atoms with E-state index in [1.165, 1.54) is 11.8 Å². The van der Waals surface area contributed by atoms with Crippen LogP contribution in [0.25, 0.3) is 0 Å². The van der Waals surface area contributed by atoms with Crippen molar-refractivity contribution in [2.45, 2.75) is 18.9 Å². The van der Waals surface area contributed by atoms with Crippen molar-refractivity contribution in [1.82, 2.24) is 9.97 Å². The molecule has 1 heterocycles. The predicted molar refractivity (Wildman–Crippen MR) is 61.9 cm³/mol. The summed E-state index contributed by atoms with van der Waals surface area (Å²) in [5.74, 6) is 0.330. The van der Waals surface area contributed by atoms with E-state index >= 15 is 0 Å². The molecule has 0 saturated heterocycles. The quantitative estimate of drug-likeness (QED) is 0.614. The van der Waals surface area contributed by atoms with Crippen molar-refractivity contribution < 1.29 is 8.42 Å². The minimum atomic E-state index is -3.41. The average molecular weight is 267 g/mol. The van der Waals surface area contributed by atoms with E-state index in [-0.39, 0.29) is 5.75 Å². The molecule has 0 radical (unpaired) electrons. The van der Waals surface area contributed by atoms with Gasteiger partial charge in [-0.05, 0) is 13.8 Å². The van der Waals surface area contributed by atoms with Crippen molar-refractivity contribution in [2.75, 3.05) is 11.5 Å². The average Bonchev–Trinajstić information content (AvgIpc) is 2.09. The number of hydrogen-bond donors (Lipinski definition) is 0. The van der Waals surface area contributed by atoms with Gasteiger partial charge in [-0.2, -0.15) is 0 Å². The van der Waals surface area contributed by atoms with E-state index in [4.69, 9.17) is 10.7 Å². The summed E-state index contributed by atoms with van der Waals surface area (Å²) in [6.07, 6.45) is 1.63.